The highest BCUT2D eigenvalue weighted by Crippen LogP contribution is 2.14. The summed E-state index contributed by atoms with van der Waals surface area (Å²) in [7, 11) is 1.35. The molecule has 0 radical (unpaired) electrons. The summed E-state index contributed by atoms with van der Waals surface area (Å²) in [6.45, 7) is 2.64. The Morgan fingerprint density at radius 2 is 2.35 bits per heavy atom. The van der Waals surface area contributed by atoms with E-state index in [1.807, 2.05) is 6.92 Å². The number of carbonyl (C=O) groups is 1. The van der Waals surface area contributed by atoms with Crippen LogP contribution in [0.15, 0.2) is 11.1 Å². The van der Waals surface area contributed by atoms with E-state index in [1.54, 1.807) is 0 Å². The molecule has 94 valence electrons. The van der Waals surface area contributed by atoms with Gasteiger partial charge in [0.1, 0.15) is 0 Å². The maximum absolute atomic E-state index is 11.8. The lowest BCUT2D eigenvalue weighted by molar-refractivity contribution is -0.121. The second kappa shape index (κ2) is 6.24. The summed E-state index contributed by atoms with van der Waals surface area (Å²) in [5, 5.41) is 2.66. The number of hydrogen-bond acceptors (Lipinski definition) is 4. The maximum atomic E-state index is 11.8. The number of rotatable bonds is 5. The van der Waals surface area contributed by atoms with Crippen molar-refractivity contribution in [2.24, 2.45) is 0 Å². The first kappa shape index (κ1) is 13.5. The Kier molecular flexibility index (Phi) is 4.96. The van der Waals surface area contributed by atoms with E-state index in [-0.39, 0.29) is 29.8 Å². The molecule has 0 unspecified atom stereocenters. The molecule has 1 N–H and O–H groups in total. The Labute approximate surface area is 104 Å². The van der Waals surface area contributed by atoms with Gasteiger partial charge in [-0.1, -0.05) is 11.6 Å². The number of hydrogen-bond donors (Lipinski definition) is 1. The van der Waals surface area contributed by atoms with Gasteiger partial charge in [-0.15, -0.1) is 0 Å². The van der Waals surface area contributed by atoms with E-state index in [2.05, 4.69) is 10.3 Å². The van der Waals surface area contributed by atoms with E-state index in [9.17, 15) is 9.59 Å². The topological polar surface area (TPSA) is 73.2 Å². The lowest BCUT2D eigenvalue weighted by Gasteiger charge is -2.07. The molecule has 1 amide bonds. The molecule has 0 aromatic carbocycles. The zero-order valence-electron chi connectivity index (χ0n) is 9.70. The van der Waals surface area contributed by atoms with Gasteiger partial charge < -0.3 is 10.1 Å². The first-order chi connectivity index (χ1) is 8.10. The molecule has 0 aliphatic heterocycles. The van der Waals surface area contributed by atoms with E-state index in [1.165, 1.54) is 18.0 Å². The lowest BCUT2D eigenvalue weighted by Crippen LogP contribution is -2.27. The van der Waals surface area contributed by atoms with Gasteiger partial charge in [0.05, 0.1) is 13.4 Å². The van der Waals surface area contributed by atoms with Crippen LogP contribution in [0.1, 0.15) is 13.3 Å². The summed E-state index contributed by atoms with van der Waals surface area (Å²) in [5.41, 5.74) is -0.392. The number of amides is 1. The molecule has 0 saturated heterocycles. The summed E-state index contributed by atoms with van der Waals surface area (Å²) in [6, 6.07) is 0. The number of aromatic nitrogens is 2. The van der Waals surface area contributed by atoms with Crippen molar-refractivity contribution < 1.29 is 9.53 Å². The molecule has 0 spiro atoms. The minimum absolute atomic E-state index is 0.00920. The van der Waals surface area contributed by atoms with Gasteiger partial charge in [-0.05, 0) is 6.92 Å². The predicted octanol–water partition coefficient (Wildman–Crippen LogP) is 0.431. The number of nitrogens with zero attached hydrogens (tertiary/aromatic N) is 2. The molecule has 17 heavy (non-hydrogen) atoms. The van der Waals surface area contributed by atoms with Gasteiger partial charge >= 0.3 is 0 Å². The summed E-state index contributed by atoms with van der Waals surface area (Å²) < 4.78 is 6.13. The van der Waals surface area contributed by atoms with Gasteiger partial charge in [-0.25, -0.2) is 4.98 Å². The molecule has 1 heterocycles. The number of methoxy groups -OCH3 is 1. The van der Waals surface area contributed by atoms with Crippen molar-refractivity contribution in [2.75, 3.05) is 13.7 Å². The second-order valence-corrected chi connectivity index (χ2v) is 3.63. The normalized spacial score (nSPS) is 10.1. The van der Waals surface area contributed by atoms with Crippen LogP contribution in [-0.2, 0) is 11.3 Å². The Morgan fingerprint density at radius 3 is 2.94 bits per heavy atom. The third-order valence-corrected chi connectivity index (χ3v) is 2.38. The van der Waals surface area contributed by atoms with E-state index < -0.39 is 5.56 Å². The highest BCUT2D eigenvalue weighted by molar-refractivity contribution is 6.30. The van der Waals surface area contributed by atoms with Gasteiger partial charge in [0, 0.05) is 19.5 Å². The number of halogens is 1. The Bertz CT molecular complexity index is 459. The first-order valence-corrected chi connectivity index (χ1v) is 5.53. The molecule has 6 nitrogen and oxygen atoms in total. The van der Waals surface area contributed by atoms with Crippen molar-refractivity contribution >= 4 is 17.5 Å². The van der Waals surface area contributed by atoms with Crippen LogP contribution in [-0.4, -0.2) is 29.1 Å². The van der Waals surface area contributed by atoms with Gasteiger partial charge in [0.25, 0.3) is 5.56 Å². The van der Waals surface area contributed by atoms with Crippen molar-refractivity contribution in [1.82, 2.24) is 14.9 Å². The van der Waals surface area contributed by atoms with Crippen molar-refractivity contribution in [3.05, 3.63) is 21.8 Å². The van der Waals surface area contributed by atoms with Crippen molar-refractivity contribution in [3.8, 4) is 5.75 Å². The molecule has 0 aliphatic carbocycles. The quantitative estimate of drug-likeness (QED) is 0.779. The van der Waals surface area contributed by atoms with E-state index in [4.69, 9.17) is 16.3 Å². The standard InChI is InChI=1S/C10H14ClN3O3/c1-3-12-7(15)4-5-14-6-13-9(11)8(17-2)10(14)16/h6H,3-5H2,1-2H3,(H,12,15). The van der Waals surface area contributed by atoms with Crippen molar-refractivity contribution in [1.29, 1.82) is 0 Å². The Morgan fingerprint density at radius 1 is 1.65 bits per heavy atom. The van der Waals surface area contributed by atoms with Crippen LogP contribution in [0.2, 0.25) is 5.15 Å². The van der Waals surface area contributed by atoms with E-state index in [0.29, 0.717) is 6.54 Å². The summed E-state index contributed by atoms with van der Waals surface area (Å²) >= 11 is 5.69. The monoisotopic (exact) mass is 259 g/mol. The minimum atomic E-state index is -0.392. The molecule has 1 rings (SSSR count). The summed E-state index contributed by atoms with van der Waals surface area (Å²) in [5.74, 6) is -0.126. The predicted molar refractivity (Wildman–Crippen MR) is 63.4 cm³/mol. The van der Waals surface area contributed by atoms with Gasteiger partial charge in [0.2, 0.25) is 11.7 Å². The fourth-order valence-electron chi connectivity index (χ4n) is 1.29. The maximum Gasteiger partial charge on any atom is 0.297 e. The van der Waals surface area contributed by atoms with E-state index in [0.717, 1.165) is 0 Å². The molecule has 0 bridgehead atoms. The average molecular weight is 260 g/mol. The van der Waals surface area contributed by atoms with Crippen LogP contribution < -0.4 is 15.6 Å². The molecule has 0 aliphatic rings. The molecule has 0 atom stereocenters. The number of carbonyl (C=O) groups excluding carboxylic acids is 1. The first-order valence-electron chi connectivity index (χ1n) is 5.15. The lowest BCUT2D eigenvalue weighted by atomic mass is 10.4. The van der Waals surface area contributed by atoms with Crippen molar-refractivity contribution in [3.63, 3.8) is 0 Å². The SMILES string of the molecule is CCNC(=O)CCn1cnc(Cl)c(OC)c1=O. The van der Waals surface area contributed by atoms with Crippen LogP contribution in [0.25, 0.3) is 0 Å². The molecule has 1 aromatic rings. The van der Waals surface area contributed by atoms with Crippen LogP contribution in [0, 0.1) is 0 Å². The highest BCUT2D eigenvalue weighted by atomic mass is 35.5. The van der Waals surface area contributed by atoms with E-state index >= 15 is 0 Å². The molecular weight excluding hydrogens is 246 g/mol. The van der Waals surface area contributed by atoms with Crippen LogP contribution in [0.3, 0.4) is 0 Å². The third kappa shape index (κ3) is 3.45. The molecule has 0 fully saturated rings. The second-order valence-electron chi connectivity index (χ2n) is 3.27. The fourth-order valence-corrected chi connectivity index (χ4v) is 1.49. The number of aryl methyl sites for hydroxylation is 1. The number of ether oxygens (including phenoxy) is 1. The minimum Gasteiger partial charge on any atom is -0.489 e. The zero-order valence-corrected chi connectivity index (χ0v) is 10.5. The van der Waals surface area contributed by atoms with Crippen molar-refractivity contribution in [2.45, 2.75) is 19.9 Å². The van der Waals surface area contributed by atoms with Gasteiger partial charge in [0.15, 0.2) is 5.15 Å². The van der Waals surface area contributed by atoms with Gasteiger partial charge in [-0.2, -0.15) is 0 Å². The molecular formula is C10H14ClN3O3. The summed E-state index contributed by atoms with van der Waals surface area (Å²) in [4.78, 5) is 26.8. The summed E-state index contributed by atoms with van der Waals surface area (Å²) in [6.07, 6.45) is 1.51. The fraction of sp³-hybridized carbons (Fsp3) is 0.500. The van der Waals surface area contributed by atoms with Gasteiger partial charge in [-0.3, -0.25) is 14.2 Å². The largest absolute Gasteiger partial charge is 0.489 e. The van der Waals surface area contributed by atoms with Crippen LogP contribution in [0.4, 0.5) is 0 Å². The molecule has 0 saturated carbocycles. The highest BCUT2D eigenvalue weighted by Gasteiger charge is 2.10. The van der Waals surface area contributed by atoms with Crippen LogP contribution in [0.5, 0.6) is 5.75 Å². The van der Waals surface area contributed by atoms with Crippen LogP contribution >= 0.6 is 11.6 Å². The Balaban J connectivity index is 2.79. The number of nitrogens with one attached hydrogen (secondary N) is 1. The molecule has 1 aromatic heterocycles. The molecule has 7 heteroatoms. The average Bonchev–Trinajstić information content (AvgIpc) is 2.29. The zero-order chi connectivity index (χ0) is 12.8. The third-order valence-electron chi connectivity index (χ3n) is 2.11. The smallest absolute Gasteiger partial charge is 0.297 e. The Hall–Kier alpha value is -1.56.